The average Bonchev–Trinajstić information content (AvgIpc) is 3.14. The fraction of sp³-hybridized carbons (Fsp3) is 0.837. The normalized spacial score (nSPS) is 14.0. The van der Waals surface area contributed by atoms with Crippen molar-refractivity contribution in [3.05, 3.63) is 24.3 Å². The van der Waals surface area contributed by atoms with Gasteiger partial charge in [-0.2, -0.15) is 0 Å². The van der Waals surface area contributed by atoms with E-state index in [1.165, 1.54) is 90.4 Å². The molecule has 0 radical (unpaired) electrons. The fourth-order valence-corrected chi connectivity index (χ4v) is 6.58. The van der Waals surface area contributed by atoms with Gasteiger partial charge in [0, 0.05) is 12.8 Å². The van der Waals surface area contributed by atoms with Crippen LogP contribution in [-0.4, -0.2) is 54.6 Å². The van der Waals surface area contributed by atoms with E-state index in [0.29, 0.717) is 12.8 Å². The summed E-state index contributed by atoms with van der Waals surface area (Å²) in [6.07, 6.45) is 38.5. The molecular formula is C43H80NO9P. The smallest absolute Gasteiger partial charge is 0.462 e. The van der Waals surface area contributed by atoms with Gasteiger partial charge in [-0.3, -0.25) is 23.4 Å². The number of rotatable bonds is 40. The minimum atomic E-state index is -4.60. The number of carbonyl (C=O) groups excluding carboxylic acids is 3. The van der Waals surface area contributed by atoms with Crippen molar-refractivity contribution in [1.29, 1.82) is 0 Å². The minimum absolute atomic E-state index is 0.179. The summed E-state index contributed by atoms with van der Waals surface area (Å²) in [6.45, 7) is 4.38. The highest BCUT2D eigenvalue weighted by atomic mass is 31.2. The molecule has 0 aromatic rings. The van der Waals surface area contributed by atoms with Gasteiger partial charge in [-0.25, -0.2) is 4.57 Å². The van der Waals surface area contributed by atoms with E-state index in [0.717, 1.165) is 70.6 Å². The van der Waals surface area contributed by atoms with Crippen LogP contribution in [-0.2, 0) is 37.5 Å². The van der Waals surface area contributed by atoms with Crippen LogP contribution in [0.2, 0.25) is 0 Å². The van der Waals surface area contributed by atoms with Crippen molar-refractivity contribution < 1.29 is 42.4 Å². The zero-order valence-electron chi connectivity index (χ0n) is 34.6. The number of nitrogens with two attached hydrogens (primary N) is 1. The standard InChI is InChI=1S/C43H80NO9P/c1-4-6-8-10-12-14-16-18-20-22-24-26-28-30-32-34-42(46)50-36-40(37-51-54(48,49)52-38-41(44)39(3)45)53-43(47)35-33-31-29-27-25-23-21-19-17-15-13-11-9-7-5-2/h18-21,40-41H,4-17,22-38,44H2,1-3H3,(H,48,49)/b20-18-,21-19-/t40-,41?/m1/s1. The minimum Gasteiger partial charge on any atom is -0.462 e. The van der Waals surface area contributed by atoms with E-state index in [2.05, 4.69) is 38.2 Å². The van der Waals surface area contributed by atoms with Crippen LogP contribution < -0.4 is 5.73 Å². The van der Waals surface area contributed by atoms with Gasteiger partial charge in [0.2, 0.25) is 0 Å². The van der Waals surface area contributed by atoms with Crippen LogP contribution in [0.5, 0.6) is 0 Å². The summed E-state index contributed by atoms with van der Waals surface area (Å²) in [5, 5.41) is 0. The molecule has 54 heavy (non-hydrogen) atoms. The molecule has 0 aromatic carbocycles. The Hall–Kier alpha value is -1.84. The third-order valence-corrected chi connectivity index (χ3v) is 10.3. The number of carbonyl (C=O) groups is 3. The molecule has 316 valence electrons. The number of phosphoric acid groups is 1. The molecule has 0 bridgehead atoms. The largest absolute Gasteiger partial charge is 0.472 e. The van der Waals surface area contributed by atoms with Crippen molar-refractivity contribution in [1.82, 2.24) is 0 Å². The molecule has 11 heteroatoms. The zero-order chi connectivity index (χ0) is 40.0. The van der Waals surface area contributed by atoms with Crippen molar-refractivity contribution in [2.75, 3.05) is 19.8 Å². The quantitative estimate of drug-likeness (QED) is 0.0266. The van der Waals surface area contributed by atoms with Gasteiger partial charge in [0.25, 0.3) is 0 Å². The topological polar surface area (TPSA) is 151 Å². The summed E-state index contributed by atoms with van der Waals surface area (Å²) >= 11 is 0. The van der Waals surface area contributed by atoms with Crippen LogP contribution in [0.4, 0.5) is 0 Å². The molecule has 0 saturated heterocycles. The first-order valence-electron chi connectivity index (χ1n) is 21.6. The van der Waals surface area contributed by atoms with Gasteiger partial charge in [0.15, 0.2) is 6.10 Å². The Morgan fingerprint density at radius 3 is 1.35 bits per heavy atom. The number of phosphoric ester groups is 1. The Kier molecular flexibility index (Phi) is 36.8. The molecule has 0 saturated carbocycles. The first-order valence-corrected chi connectivity index (χ1v) is 23.1. The molecular weight excluding hydrogens is 705 g/mol. The van der Waals surface area contributed by atoms with Crippen molar-refractivity contribution in [3.63, 3.8) is 0 Å². The molecule has 0 aliphatic heterocycles. The van der Waals surface area contributed by atoms with Gasteiger partial charge in [-0.1, -0.05) is 141 Å². The summed E-state index contributed by atoms with van der Waals surface area (Å²) in [6, 6.07) is -1.08. The van der Waals surface area contributed by atoms with Crippen LogP contribution >= 0.6 is 7.82 Å². The number of ether oxygens (including phenoxy) is 2. The summed E-state index contributed by atoms with van der Waals surface area (Å²) in [5.41, 5.74) is 5.58. The van der Waals surface area contributed by atoms with E-state index < -0.39 is 50.9 Å². The first kappa shape index (κ1) is 52.2. The van der Waals surface area contributed by atoms with Crippen LogP contribution in [0, 0.1) is 0 Å². The number of hydrogen-bond donors (Lipinski definition) is 2. The number of esters is 2. The molecule has 2 unspecified atom stereocenters. The van der Waals surface area contributed by atoms with Crippen molar-refractivity contribution in [2.24, 2.45) is 5.73 Å². The van der Waals surface area contributed by atoms with Crippen molar-refractivity contribution in [2.45, 2.75) is 213 Å². The molecule has 0 amide bonds. The van der Waals surface area contributed by atoms with Gasteiger partial charge in [-0.15, -0.1) is 0 Å². The molecule has 3 atom stereocenters. The molecule has 0 aliphatic rings. The first-order chi connectivity index (χ1) is 26.1. The van der Waals surface area contributed by atoms with Crippen LogP contribution in [0.1, 0.15) is 201 Å². The molecule has 0 rings (SSSR count). The van der Waals surface area contributed by atoms with E-state index in [1.54, 1.807) is 0 Å². The number of Topliss-reactive ketones (excluding diaryl/α,β-unsaturated/α-hetero) is 1. The Bertz CT molecular complexity index is 1020. The van der Waals surface area contributed by atoms with E-state index in [4.69, 9.17) is 24.3 Å². The lowest BCUT2D eigenvalue weighted by molar-refractivity contribution is -0.161. The lowest BCUT2D eigenvalue weighted by Gasteiger charge is -2.20. The molecule has 0 aliphatic carbocycles. The monoisotopic (exact) mass is 786 g/mol. The molecule has 0 aromatic heterocycles. The van der Waals surface area contributed by atoms with Gasteiger partial charge < -0.3 is 20.1 Å². The molecule has 0 heterocycles. The predicted molar refractivity (Wildman–Crippen MR) is 220 cm³/mol. The third-order valence-electron chi connectivity index (χ3n) is 9.38. The third kappa shape index (κ3) is 37.1. The Morgan fingerprint density at radius 2 is 0.926 bits per heavy atom. The lowest BCUT2D eigenvalue weighted by Crippen LogP contribution is -2.33. The Labute approximate surface area is 329 Å². The molecule has 0 fully saturated rings. The molecule has 10 nitrogen and oxygen atoms in total. The summed E-state index contributed by atoms with van der Waals surface area (Å²) in [5.74, 6) is -1.33. The zero-order valence-corrected chi connectivity index (χ0v) is 35.5. The van der Waals surface area contributed by atoms with E-state index in [1.807, 2.05) is 0 Å². The number of ketones is 1. The van der Waals surface area contributed by atoms with E-state index in [-0.39, 0.29) is 19.4 Å². The summed E-state index contributed by atoms with van der Waals surface area (Å²) < 4.78 is 33.0. The maximum atomic E-state index is 12.6. The summed E-state index contributed by atoms with van der Waals surface area (Å²) in [7, 11) is -4.60. The molecule has 0 spiro atoms. The van der Waals surface area contributed by atoms with Gasteiger partial charge >= 0.3 is 19.8 Å². The number of hydrogen-bond acceptors (Lipinski definition) is 9. The van der Waals surface area contributed by atoms with Crippen LogP contribution in [0.15, 0.2) is 24.3 Å². The average molecular weight is 786 g/mol. The lowest BCUT2D eigenvalue weighted by atomic mass is 10.1. The Balaban J connectivity index is 4.40. The highest BCUT2D eigenvalue weighted by molar-refractivity contribution is 7.47. The SMILES string of the molecule is CCCCCCCC/C=C\CCCCCCCC(=O)OC[C@H](COP(=O)(O)OCC(N)C(C)=O)OC(=O)CCCCCCC/C=C\CCCCCCCC. The maximum absolute atomic E-state index is 12.6. The van der Waals surface area contributed by atoms with Gasteiger partial charge in [-0.05, 0) is 71.1 Å². The van der Waals surface area contributed by atoms with Crippen molar-refractivity contribution >= 4 is 25.5 Å². The second-order valence-electron chi connectivity index (χ2n) is 14.7. The molecule has 3 N–H and O–H groups in total. The Morgan fingerprint density at radius 1 is 0.556 bits per heavy atom. The number of allylic oxidation sites excluding steroid dienone is 4. The highest BCUT2D eigenvalue weighted by Crippen LogP contribution is 2.43. The van der Waals surface area contributed by atoms with E-state index >= 15 is 0 Å². The van der Waals surface area contributed by atoms with Crippen LogP contribution in [0.3, 0.4) is 0 Å². The second-order valence-corrected chi connectivity index (χ2v) is 16.2. The predicted octanol–water partition coefficient (Wildman–Crippen LogP) is 11.6. The fourth-order valence-electron chi connectivity index (χ4n) is 5.81. The van der Waals surface area contributed by atoms with E-state index in [9.17, 15) is 23.8 Å². The summed E-state index contributed by atoms with van der Waals surface area (Å²) in [4.78, 5) is 46.5. The van der Waals surface area contributed by atoms with Gasteiger partial charge in [0.1, 0.15) is 12.4 Å². The van der Waals surface area contributed by atoms with Gasteiger partial charge in [0.05, 0.1) is 19.3 Å². The number of unbranched alkanes of at least 4 members (excludes halogenated alkanes) is 22. The highest BCUT2D eigenvalue weighted by Gasteiger charge is 2.27. The maximum Gasteiger partial charge on any atom is 0.472 e. The second kappa shape index (κ2) is 38.1. The van der Waals surface area contributed by atoms with Crippen LogP contribution in [0.25, 0.3) is 0 Å². The van der Waals surface area contributed by atoms with Crippen molar-refractivity contribution in [3.8, 4) is 0 Å².